The summed E-state index contributed by atoms with van der Waals surface area (Å²) in [5.41, 5.74) is 5.32. The summed E-state index contributed by atoms with van der Waals surface area (Å²) in [5, 5.41) is 3.51. The summed E-state index contributed by atoms with van der Waals surface area (Å²) in [6, 6.07) is 16.7. The fraction of sp³-hybridized carbons (Fsp3) is 0.136. The lowest BCUT2D eigenvalue weighted by atomic mass is 10.0. The maximum Gasteiger partial charge on any atom is 0.326 e. The quantitative estimate of drug-likeness (QED) is 0.651. The van der Waals surface area contributed by atoms with Gasteiger partial charge in [0.15, 0.2) is 5.82 Å². The third-order valence-corrected chi connectivity index (χ3v) is 4.98. The van der Waals surface area contributed by atoms with Crippen LogP contribution in [-0.4, -0.2) is 23.8 Å². The van der Waals surface area contributed by atoms with Gasteiger partial charge < -0.3 is 5.32 Å². The van der Waals surface area contributed by atoms with Gasteiger partial charge >= 0.3 is 6.03 Å². The van der Waals surface area contributed by atoms with E-state index in [4.69, 9.17) is 11.6 Å². The molecule has 0 saturated carbocycles. The molecule has 1 aliphatic heterocycles. The van der Waals surface area contributed by atoms with Crippen LogP contribution in [0, 0.1) is 6.92 Å². The predicted molar refractivity (Wildman–Crippen MR) is 114 cm³/mol. The second-order valence-corrected chi connectivity index (χ2v) is 7.16. The number of hydrogen-bond acceptors (Lipinski definition) is 3. The molecule has 0 unspecified atom stereocenters. The van der Waals surface area contributed by atoms with E-state index in [0.29, 0.717) is 17.1 Å². The maximum atomic E-state index is 12.6. The largest absolute Gasteiger partial charge is 0.326 e. The van der Waals surface area contributed by atoms with Crippen molar-refractivity contribution in [2.45, 2.75) is 13.3 Å². The first-order chi connectivity index (χ1) is 13.5. The standard InChI is InChI=1S/C22H19ClN4O/c1-14-10-15-11-20(26-21(15)24-13-14)18-12-16(8-9-19(18)23)25-22(28)27(2)17-6-4-3-5-7-17/h3-10,12-13H,11H2,1-2H3,(H,25,28). The van der Waals surface area contributed by atoms with Crippen molar-refractivity contribution in [3.8, 4) is 0 Å². The Morgan fingerprint density at radius 2 is 1.93 bits per heavy atom. The van der Waals surface area contributed by atoms with Crippen LogP contribution in [0.2, 0.25) is 5.02 Å². The zero-order valence-electron chi connectivity index (χ0n) is 15.6. The van der Waals surface area contributed by atoms with Crippen LogP contribution in [0.4, 0.5) is 22.0 Å². The van der Waals surface area contributed by atoms with Crippen LogP contribution < -0.4 is 10.2 Å². The smallest absolute Gasteiger partial charge is 0.308 e. The molecule has 2 aromatic carbocycles. The van der Waals surface area contributed by atoms with Crippen LogP contribution in [0.25, 0.3) is 0 Å². The van der Waals surface area contributed by atoms with Crippen molar-refractivity contribution in [2.24, 2.45) is 4.99 Å². The number of rotatable bonds is 3. The average Bonchev–Trinajstić information content (AvgIpc) is 3.12. The van der Waals surface area contributed by atoms with Crippen molar-refractivity contribution in [1.29, 1.82) is 0 Å². The predicted octanol–water partition coefficient (Wildman–Crippen LogP) is 5.39. The van der Waals surface area contributed by atoms with Crippen molar-refractivity contribution in [2.75, 3.05) is 17.3 Å². The molecule has 28 heavy (non-hydrogen) atoms. The van der Waals surface area contributed by atoms with Crippen molar-refractivity contribution >= 4 is 40.5 Å². The number of fused-ring (bicyclic) bond motifs is 1. The van der Waals surface area contributed by atoms with Gasteiger partial charge in [0.2, 0.25) is 0 Å². The lowest BCUT2D eigenvalue weighted by Crippen LogP contribution is -2.31. The molecule has 0 bridgehead atoms. The monoisotopic (exact) mass is 390 g/mol. The molecule has 0 fully saturated rings. The minimum atomic E-state index is -0.228. The first-order valence-corrected chi connectivity index (χ1v) is 9.32. The minimum absolute atomic E-state index is 0.228. The number of aromatic nitrogens is 1. The number of amides is 2. The number of halogens is 1. The Morgan fingerprint density at radius 3 is 2.71 bits per heavy atom. The number of benzene rings is 2. The Labute approximate surface area is 168 Å². The second kappa shape index (κ2) is 7.44. The molecular formula is C22H19ClN4O. The molecule has 2 heterocycles. The summed E-state index contributed by atoms with van der Waals surface area (Å²) in [5.74, 6) is 0.731. The van der Waals surface area contributed by atoms with Gasteiger partial charge in [0.25, 0.3) is 0 Å². The fourth-order valence-corrected chi connectivity index (χ4v) is 3.38. The molecule has 0 atom stereocenters. The van der Waals surface area contributed by atoms with Crippen LogP contribution in [0.5, 0.6) is 0 Å². The van der Waals surface area contributed by atoms with Gasteiger partial charge in [-0.25, -0.2) is 14.8 Å². The highest BCUT2D eigenvalue weighted by molar-refractivity contribution is 6.34. The van der Waals surface area contributed by atoms with Crippen LogP contribution in [0.1, 0.15) is 16.7 Å². The molecule has 6 heteroatoms. The molecular weight excluding hydrogens is 372 g/mol. The average molecular weight is 391 g/mol. The molecule has 1 aliphatic rings. The van der Waals surface area contributed by atoms with E-state index in [1.165, 1.54) is 0 Å². The van der Waals surface area contributed by atoms with Gasteiger partial charge in [-0.1, -0.05) is 35.9 Å². The van der Waals surface area contributed by atoms with Gasteiger partial charge in [-0.2, -0.15) is 0 Å². The molecule has 2 amide bonds. The molecule has 3 aromatic rings. The summed E-state index contributed by atoms with van der Waals surface area (Å²) >= 11 is 6.42. The van der Waals surface area contributed by atoms with Crippen LogP contribution in [-0.2, 0) is 6.42 Å². The van der Waals surface area contributed by atoms with Gasteiger partial charge in [-0.3, -0.25) is 4.90 Å². The maximum absolute atomic E-state index is 12.6. The van der Waals surface area contributed by atoms with Crippen LogP contribution in [0.3, 0.4) is 0 Å². The van der Waals surface area contributed by atoms with Gasteiger partial charge in [-0.05, 0) is 42.8 Å². The van der Waals surface area contributed by atoms with Crippen LogP contribution >= 0.6 is 11.6 Å². The number of aryl methyl sites for hydroxylation is 1. The van der Waals surface area contributed by atoms with Crippen molar-refractivity contribution in [3.63, 3.8) is 0 Å². The summed E-state index contributed by atoms with van der Waals surface area (Å²) in [4.78, 5) is 23.2. The van der Waals surface area contributed by atoms with E-state index >= 15 is 0 Å². The number of aliphatic imine (C=N–C) groups is 1. The van der Waals surface area contributed by atoms with Gasteiger partial charge in [0.1, 0.15) is 0 Å². The fourth-order valence-electron chi connectivity index (χ4n) is 3.16. The molecule has 1 aromatic heterocycles. The van der Waals surface area contributed by atoms with E-state index in [9.17, 15) is 4.79 Å². The number of nitrogens with zero attached hydrogens (tertiary/aromatic N) is 3. The Hall–Kier alpha value is -3.18. The highest BCUT2D eigenvalue weighted by atomic mass is 35.5. The number of carbonyl (C=O) groups is 1. The molecule has 4 rings (SSSR count). The second-order valence-electron chi connectivity index (χ2n) is 6.75. The number of pyridine rings is 1. The Kier molecular flexibility index (Phi) is 4.84. The molecule has 1 N–H and O–H groups in total. The van der Waals surface area contributed by atoms with Gasteiger partial charge in [0.05, 0.1) is 5.71 Å². The first-order valence-electron chi connectivity index (χ1n) is 8.94. The van der Waals surface area contributed by atoms with Gasteiger partial charge in [-0.15, -0.1) is 0 Å². The molecule has 0 saturated heterocycles. The van der Waals surface area contributed by atoms with Gasteiger partial charge in [0, 0.05) is 47.2 Å². The number of anilines is 2. The highest BCUT2D eigenvalue weighted by Crippen LogP contribution is 2.31. The minimum Gasteiger partial charge on any atom is -0.308 e. The number of hydrogen-bond donors (Lipinski definition) is 1. The molecule has 5 nitrogen and oxygen atoms in total. The van der Waals surface area contributed by atoms with Crippen molar-refractivity contribution in [1.82, 2.24) is 4.98 Å². The van der Waals surface area contributed by atoms with Crippen molar-refractivity contribution in [3.05, 3.63) is 82.5 Å². The highest BCUT2D eigenvalue weighted by Gasteiger charge is 2.20. The zero-order valence-corrected chi connectivity index (χ0v) is 16.4. The lowest BCUT2D eigenvalue weighted by molar-refractivity contribution is 0.258. The molecule has 0 spiro atoms. The normalized spacial score (nSPS) is 12.3. The van der Waals surface area contributed by atoms with E-state index in [0.717, 1.165) is 33.9 Å². The Balaban J connectivity index is 1.56. The molecule has 0 aliphatic carbocycles. The van der Waals surface area contributed by atoms with E-state index in [-0.39, 0.29) is 6.03 Å². The third kappa shape index (κ3) is 3.62. The summed E-state index contributed by atoms with van der Waals surface area (Å²) < 4.78 is 0. The van der Waals surface area contributed by atoms with E-state index in [1.54, 1.807) is 24.1 Å². The summed E-state index contributed by atoms with van der Waals surface area (Å²) in [7, 11) is 1.73. The Bertz CT molecular complexity index is 1080. The summed E-state index contributed by atoms with van der Waals surface area (Å²) in [6.07, 6.45) is 2.48. The van der Waals surface area contributed by atoms with Crippen LogP contribution in [0.15, 0.2) is 65.8 Å². The lowest BCUT2D eigenvalue weighted by Gasteiger charge is -2.18. The zero-order chi connectivity index (χ0) is 19.7. The number of carbonyl (C=O) groups excluding carboxylic acids is 1. The number of nitrogens with one attached hydrogen (secondary N) is 1. The van der Waals surface area contributed by atoms with E-state index in [2.05, 4.69) is 21.4 Å². The van der Waals surface area contributed by atoms with Crippen molar-refractivity contribution < 1.29 is 4.79 Å². The Morgan fingerprint density at radius 1 is 1.14 bits per heavy atom. The molecule has 140 valence electrons. The van der Waals surface area contributed by atoms with E-state index in [1.807, 2.05) is 49.5 Å². The third-order valence-electron chi connectivity index (χ3n) is 4.66. The number of para-hydroxylation sites is 1. The molecule has 0 radical (unpaired) electrons. The topological polar surface area (TPSA) is 57.6 Å². The number of urea groups is 1. The first kappa shape index (κ1) is 18.2. The SMILES string of the molecule is Cc1cnc2c(c1)CC(c1cc(NC(=O)N(C)c3ccccc3)ccc1Cl)=N2. The summed E-state index contributed by atoms with van der Waals surface area (Å²) in [6.45, 7) is 2.01. The van der Waals surface area contributed by atoms with E-state index < -0.39 is 0 Å².